The first-order chi connectivity index (χ1) is 15.6. The zero-order valence-electron chi connectivity index (χ0n) is 18.2. The molecule has 2 aromatic carbocycles. The summed E-state index contributed by atoms with van der Waals surface area (Å²) in [6.07, 6.45) is 0.337. The van der Waals surface area contributed by atoms with Gasteiger partial charge in [-0.3, -0.25) is 14.7 Å². The first-order valence-corrected chi connectivity index (χ1v) is 10.5. The van der Waals surface area contributed by atoms with E-state index in [1.54, 1.807) is 25.2 Å². The Hall–Kier alpha value is -3.81. The molecule has 1 aliphatic heterocycles. The lowest BCUT2D eigenvalue weighted by atomic mass is 10.1. The maximum Gasteiger partial charge on any atom is 0.272 e. The Morgan fingerprint density at radius 1 is 0.875 bits per heavy atom. The standard InChI is InChI=1S/C24H26N4O4/c1-31-19-7-3-17(4-8-19)15-23(29)27-11-13-28(14-12-27)24(30)22-16-21(25-26-22)18-5-9-20(32-2)10-6-18/h3-10,16H,11-15H2,1-2H3,(H,25,26). The van der Waals surface area contributed by atoms with Gasteiger partial charge in [-0.1, -0.05) is 12.1 Å². The number of hydrogen-bond acceptors (Lipinski definition) is 5. The van der Waals surface area contributed by atoms with Crippen LogP contribution in [0, 0.1) is 0 Å². The first-order valence-electron chi connectivity index (χ1n) is 10.5. The van der Waals surface area contributed by atoms with Crippen molar-refractivity contribution in [3.8, 4) is 22.8 Å². The molecule has 3 aromatic rings. The van der Waals surface area contributed by atoms with E-state index in [-0.39, 0.29) is 11.8 Å². The Bertz CT molecular complexity index is 1070. The molecular formula is C24H26N4O4. The lowest BCUT2D eigenvalue weighted by molar-refractivity contribution is -0.131. The molecule has 0 atom stereocenters. The van der Waals surface area contributed by atoms with Gasteiger partial charge >= 0.3 is 0 Å². The zero-order chi connectivity index (χ0) is 22.5. The summed E-state index contributed by atoms with van der Waals surface area (Å²) < 4.78 is 10.3. The van der Waals surface area contributed by atoms with E-state index >= 15 is 0 Å². The molecule has 2 heterocycles. The molecule has 4 rings (SSSR count). The van der Waals surface area contributed by atoms with Gasteiger partial charge < -0.3 is 19.3 Å². The van der Waals surface area contributed by atoms with Crippen LogP contribution in [0.1, 0.15) is 16.1 Å². The van der Waals surface area contributed by atoms with Gasteiger partial charge in [0.15, 0.2) is 0 Å². The third-order valence-electron chi connectivity index (χ3n) is 5.63. The number of hydrogen-bond donors (Lipinski definition) is 1. The molecule has 8 heteroatoms. The molecule has 32 heavy (non-hydrogen) atoms. The molecule has 1 saturated heterocycles. The van der Waals surface area contributed by atoms with E-state index in [1.165, 1.54) is 0 Å². The van der Waals surface area contributed by atoms with E-state index < -0.39 is 0 Å². The average molecular weight is 434 g/mol. The molecule has 166 valence electrons. The molecule has 0 radical (unpaired) electrons. The lowest BCUT2D eigenvalue weighted by Gasteiger charge is -2.34. The fourth-order valence-electron chi connectivity index (χ4n) is 3.70. The van der Waals surface area contributed by atoms with E-state index in [1.807, 2.05) is 53.4 Å². The Balaban J connectivity index is 1.32. The van der Waals surface area contributed by atoms with Crippen molar-refractivity contribution < 1.29 is 19.1 Å². The molecule has 0 spiro atoms. The van der Waals surface area contributed by atoms with Crippen molar-refractivity contribution in [3.05, 3.63) is 65.9 Å². The molecule has 0 aliphatic carbocycles. The number of methoxy groups -OCH3 is 2. The van der Waals surface area contributed by atoms with Crippen LogP contribution < -0.4 is 9.47 Å². The normalized spacial score (nSPS) is 13.7. The van der Waals surface area contributed by atoms with Crippen molar-refractivity contribution in [1.82, 2.24) is 20.0 Å². The second kappa shape index (κ2) is 9.55. The minimum atomic E-state index is -0.112. The van der Waals surface area contributed by atoms with Crippen LogP contribution in [-0.4, -0.2) is 72.2 Å². The molecule has 1 aromatic heterocycles. The van der Waals surface area contributed by atoms with Gasteiger partial charge in [-0.05, 0) is 48.0 Å². The number of carbonyl (C=O) groups is 2. The summed E-state index contributed by atoms with van der Waals surface area (Å²) in [5.74, 6) is 1.48. The van der Waals surface area contributed by atoms with Gasteiger partial charge in [0.05, 0.1) is 26.3 Å². The number of aromatic nitrogens is 2. The molecule has 0 unspecified atom stereocenters. The highest BCUT2D eigenvalue weighted by molar-refractivity contribution is 5.93. The van der Waals surface area contributed by atoms with Crippen LogP contribution in [0.5, 0.6) is 11.5 Å². The van der Waals surface area contributed by atoms with E-state index in [9.17, 15) is 9.59 Å². The summed E-state index contributed by atoms with van der Waals surface area (Å²) in [7, 11) is 3.23. The highest BCUT2D eigenvalue weighted by atomic mass is 16.5. The monoisotopic (exact) mass is 434 g/mol. The Labute approximate surface area is 186 Å². The smallest absolute Gasteiger partial charge is 0.272 e. The Kier molecular flexibility index (Phi) is 6.39. The van der Waals surface area contributed by atoms with Gasteiger partial charge in [0.2, 0.25) is 5.91 Å². The molecule has 8 nitrogen and oxygen atoms in total. The van der Waals surface area contributed by atoms with Gasteiger partial charge in [0, 0.05) is 31.7 Å². The topological polar surface area (TPSA) is 87.8 Å². The predicted molar refractivity (Wildman–Crippen MR) is 120 cm³/mol. The van der Waals surface area contributed by atoms with Gasteiger partial charge in [-0.2, -0.15) is 5.10 Å². The summed E-state index contributed by atoms with van der Waals surface area (Å²) >= 11 is 0. The molecular weight excluding hydrogens is 408 g/mol. The minimum Gasteiger partial charge on any atom is -0.497 e. The maximum absolute atomic E-state index is 12.9. The second-order valence-corrected chi connectivity index (χ2v) is 7.59. The highest BCUT2D eigenvalue weighted by Crippen LogP contribution is 2.22. The van der Waals surface area contributed by atoms with Gasteiger partial charge in [0.25, 0.3) is 5.91 Å². The number of amides is 2. The van der Waals surface area contributed by atoms with Crippen LogP contribution in [0.25, 0.3) is 11.3 Å². The molecule has 0 saturated carbocycles. The minimum absolute atomic E-state index is 0.0607. The third kappa shape index (κ3) is 4.74. The van der Waals surface area contributed by atoms with Gasteiger partial charge in [0.1, 0.15) is 17.2 Å². The molecule has 0 bridgehead atoms. The van der Waals surface area contributed by atoms with Crippen LogP contribution in [0.2, 0.25) is 0 Å². The van der Waals surface area contributed by atoms with Crippen molar-refractivity contribution >= 4 is 11.8 Å². The van der Waals surface area contributed by atoms with Crippen LogP contribution in [-0.2, 0) is 11.2 Å². The number of nitrogens with zero attached hydrogens (tertiary/aromatic N) is 3. The molecule has 2 amide bonds. The molecule has 1 fully saturated rings. The van der Waals surface area contributed by atoms with Crippen molar-refractivity contribution in [1.29, 1.82) is 0 Å². The number of carbonyl (C=O) groups excluding carboxylic acids is 2. The van der Waals surface area contributed by atoms with Gasteiger partial charge in [-0.25, -0.2) is 0 Å². The number of ether oxygens (including phenoxy) is 2. The largest absolute Gasteiger partial charge is 0.497 e. The van der Waals surface area contributed by atoms with Crippen molar-refractivity contribution in [3.63, 3.8) is 0 Å². The van der Waals surface area contributed by atoms with Crippen LogP contribution in [0.4, 0.5) is 0 Å². The molecule has 1 N–H and O–H groups in total. The zero-order valence-corrected chi connectivity index (χ0v) is 18.2. The number of benzene rings is 2. The number of piperazine rings is 1. The van der Waals surface area contributed by atoms with Gasteiger partial charge in [-0.15, -0.1) is 0 Å². The summed E-state index contributed by atoms with van der Waals surface area (Å²) in [6.45, 7) is 2.01. The first kappa shape index (κ1) is 21.4. The second-order valence-electron chi connectivity index (χ2n) is 7.59. The van der Waals surface area contributed by atoms with Crippen LogP contribution >= 0.6 is 0 Å². The summed E-state index contributed by atoms with van der Waals surface area (Å²) in [6, 6.07) is 16.8. The quantitative estimate of drug-likeness (QED) is 0.644. The fourth-order valence-corrected chi connectivity index (χ4v) is 3.70. The predicted octanol–water partition coefficient (Wildman–Crippen LogP) is 2.62. The van der Waals surface area contributed by atoms with Crippen LogP contribution in [0.15, 0.2) is 54.6 Å². The molecule has 1 aliphatic rings. The summed E-state index contributed by atoms with van der Waals surface area (Å²) in [4.78, 5) is 29.1. The Morgan fingerprint density at radius 2 is 1.44 bits per heavy atom. The van der Waals surface area contributed by atoms with E-state index in [0.717, 1.165) is 22.6 Å². The number of H-pyrrole nitrogens is 1. The van der Waals surface area contributed by atoms with Crippen LogP contribution in [0.3, 0.4) is 0 Å². The SMILES string of the molecule is COc1ccc(CC(=O)N2CCN(C(=O)c3cc(-c4ccc(OC)cc4)n[nH]3)CC2)cc1. The van der Waals surface area contributed by atoms with E-state index in [4.69, 9.17) is 9.47 Å². The average Bonchev–Trinajstić information content (AvgIpc) is 3.34. The Morgan fingerprint density at radius 3 is 2.03 bits per heavy atom. The number of rotatable bonds is 6. The number of nitrogens with one attached hydrogen (secondary N) is 1. The van der Waals surface area contributed by atoms with Crippen molar-refractivity contribution in [2.45, 2.75) is 6.42 Å². The maximum atomic E-state index is 12.9. The summed E-state index contributed by atoms with van der Waals surface area (Å²) in [5, 5.41) is 7.12. The summed E-state index contributed by atoms with van der Waals surface area (Å²) in [5.41, 5.74) is 2.98. The van der Waals surface area contributed by atoms with E-state index in [2.05, 4.69) is 10.2 Å². The van der Waals surface area contributed by atoms with E-state index in [0.29, 0.717) is 44.0 Å². The lowest BCUT2D eigenvalue weighted by Crippen LogP contribution is -2.51. The van der Waals surface area contributed by atoms with Crippen molar-refractivity contribution in [2.24, 2.45) is 0 Å². The third-order valence-corrected chi connectivity index (χ3v) is 5.63. The number of aromatic amines is 1. The van der Waals surface area contributed by atoms with Crippen molar-refractivity contribution in [2.75, 3.05) is 40.4 Å². The highest BCUT2D eigenvalue weighted by Gasteiger charge is 2.26. The fraction of sp³-hybridized carbons (Fsp3) is 0.292.